The number of methoxy groups -OCH3 is 1. The van der Waals surface area contributed by atoms with E-state index in [1.54, 1.807) is 49.0 Å². The third kappa shape index (κ3) is 4.22. The van der Waals surface area contributed by atoms with Crippen molar-refractivity contribution in [3.63, 3.8) is 0 Å². The van der Waals surface area contributed by atoms with E-state index in [1.807, 2.05) is 37.3 Å². The Labute approximate surface area is 176 Å². The summed E-state index contributed by atoms with van der Waals surface area (Å²) < 4.78 is 6.64. The van der Waals surface area contributed by atoms with Crippen molar-refractivity contribution in [3.05, 3.63) is 93.4 Å². The average molecular weight is 406 g/mol. The van der Waals surface area contributed by atoms with Gasteiger partial charge in [-0.05, 0) is 48.7 Å². The zero-order valence-corrected chi connectivity index (χ0v) is 17.6. The first-order valence-corrected chi connectivity index (χ1v) is 9.71. The first-order chi connectivity index (χ1) is 14.3. The SMILES string of the molecule is COc1ccc(CN(C)C(=O)c2c(C)ccn(C(C)c3ccccc3)c2=O)cc1O. The molecule has 1 unspecified atom stereocenters. The van der Waals surface area contributed by atoms with E-state index in [1.165, 1.54) is 12.0 Å². The predicted molar refractivity (Wildman–Crippen MR) is 116 cm³/mol. The van der Waals surface area contributed by atoms with Gasteiger partial charge in [-0.2, -0.15) is 0 Å². The number of phenols is 1. The number of aromatic hydroxyl groups is 1. The zero-order chi connectivity index (χ0) is 21.8. The van der Waals surface area contributed by atoms with Gasteiger partial charge in [0.25, 0.3) is 11.5 Å². The quantitative estimate of drug-likeness (QED) is 0.677. The molecule has 3 aromatic rings. The van der Waals surface area contributed by atoms with Crippen molar-refractivity contribution in [3.8, 4) is 11.5 Å². The van der Waals surface area contributed by atoms with Crippen molar-refractivity contribution < 1.29 is 14.6 Å². The number of amides is 1. The molecular weight excluding hydrogens is 380 g/mol. The number of aryl methyl sites for hydroxylation is 1. The highest BCUT2D eigenvalue weighted by Crippen LogP contribution is 2.27. The zero-order valence-electron chi connectivity index (χ0n) is 17.6. The molecule has 6 nitrogen and oxygen atoms in total. The van der Waals surface area contributed by atoms with Crippen LogP contribution in [0.4, 0.5) is 0 Å². The van der Waals surface area contributed by atoms with Gasteiger partial charge in [-0.25, -0.2) is 0 Å². The molecule has 156 valence electrons. The van der Waals surface area contributed by atoms with E-state index < -0.39 is 0 Å². The fraction of sp³-hybridized carbons (Fsp3) is 0.250. The van der Waals surface area contributed by atoms with Gasteiger partial charge < -0.3 is 19.3 Å². The summed E-state index contributed by atoms with van der Waals surface area (Å²) in [5.41, 5.74) is 2.19. The van der Waals surface area contributed by atoms with Crippen LogP contribution in [0.1, 0.15) is 40.0 Å². The number of nitrogens with zero attached hydrogens (tertiary/aromatic N) is 2. The normalized spacial score (nSPS) is 11.7. The van der Waals surface area contributed by atoms with Crippen LogP contribution in [-0.4, -0.2) is 34.6 Å². The monoisotopic (exact) mass is 406 g/mol. The molecule has 1 heterocycles. The highest BCUT2D eigenvalue weighted by Gasteiger charge is 2.22. The number of hydrogen-bond acceptors (Lipinski definition) is 4. The van der Waals surface area contributed by atoms with E-state index in [9.17, 15) is 14.7 Å². The number of phenolic OH excluding ortho intramolecular Hbond substituents is 1. The Bertz CT molecular complexity index is 1110. The lowest BCUT2D eigenvalue weighted by atomic mass is 10.1. The maximum Gasteiger partial charge on any atom is 0.264 e. The largest absolute Gasteiger partial charge is 0.504 e. The predicted octanol–water partition coefficient (Wildman–Crippen LogP) is 3.75. The molecule has 0 spiro atoms. The van der Waals surface area contributed by atoms with Gasteiger partial charge >= 0.3 is 0 Å². The first kappa shape index (κ1) is 21.2. The van der Waals surface area contributed by atoms with Crippen molar-refractivity contribution in [2.45, 2.75) is 26.4 Å². The minimum Gasteiger partial charge on any atom is -0.504 e. The Morgan fingerprint density at radius 3 is 2.50 bits per heavy atom. The van der Waals surface area contributed by atoms with Crippen molar-refractivity contribution in [2.24, 2.45) is 0 Å². The number of aromatic nitrogens is 1. The number of rotatable bonds is 6. The lowest BCUT2D eigenvalue weighted by molar-refractivity contribution is 0.0781. The molecule has 0 aliphatic heterocycles. The molecule has 3 rings (SSSR count). The maximum atomic E-state index is 13.2. The summed E-state index contributed by atoms with van der Waals surface area (Å²) in [5, 5.41) is 9.97. The molecule has 0 fully saturated rings. The van der Waals surface area contributed by atoms with Gasteiger partial charge in [-0.15, -0.1) is 0 Å². The molecule has 1 amide bonds. The van der Waals surface area contributed by atoms with Gasteiger partial charge in [-0.1, -0.05) is 36.4 Å². The van der Waals surface area contributed by atoms with Crippen LogP contribution in [0.25, 0.3) is 0 Å². The molecule has 2 aromatic carbocycles. The second-order valence-corrected chi connectivity index (χ2v) is 7.34. The van der Waals surface area contributed by atoms with Crippen LogP contribution in [0.2, 0.25) is 0 Å². The maximum absolute atomic E-state index is 13.2. The van der Waals surface area contributed by atoms with Crippen LogP contribution in [0.5, 0.6) is 11.5 Å². The minimum atomic E-state index is -0.359. The molecule has 0 aliphatic rings. The summed E-state index contributed by atoms with van der Waals surface area (Å²) in [6.45, 7) is 3.95. The molecule has 1 aromatic heterocycles. The Morgan fingerprint density at radius 2 is 1.87 bits per heavy atom. The van der Waals surface area contributed by atoms with Gasteiger partial charge in [0.15, 0.2) is 11.5 Å². The van der Waals surface area contributed by atoms with Gasteiger partial charge in [0.2, 0.25) is 0 Å². The lowest BCUT2D eigenvalue weighted by Gasteiger charge is -2.21. The standard InChI is InChI=1S/C24H26N2O4/c1-16-12-13-26(17(2)19-8-6-5-7-9-19)24(29)22(16)23(28)25(3)15-18-10-11-21(30-4)20(27)14-18/h5-14,17,27H,15H2,1-4H3. The van der Waals surface area contributed by atoms with Crippen LogP contribution in [0, 0.1) is 6.92 Å². The Morgan fingerprint density at radius 1 is 1.17 bits per heavy atom. The van der Waals surface area contributed by atoms with Crippen molar-refractivity contribution in [1.29, 1.82) is 0 Å². The van der Waals surface area contributed by atoms with Crippen molar-refractivity contribution in [2.75, 3.05) is 14.2 Å². The van der Waals surface area contributed by atoms with Gasteiger partial charge in [-0.3, -0.25) is 9.59 Å². The third-order valence-electron chi connectivity index (χ3n) is 5.25. The van der Waals surface area contributed by atoms with Crippen LogP contribution in [-0.2, 0) is 6.54 Å². The number of pyridine rings is 1. The lowest BCUT2D eigenvalue weighted by Crippen LogP contribution is -2.36. The van der Waals surface area contributed by atoms with Gasteiger partial charge in [0.1, 0.15) is 5.56 Å². The fourth-order valence-electron chi connectivity index (χ4n) is 3.47. The fourth-order valence-corrected chi connectivity index (χ4v) is 3.47. The molecule has 30 heavy (non-hydrogen) atoms. The first-order valence-electron chi connectivity index (χ1n) is 9.71. The molecule has 0 radical (unpaired) electrons. The van der Waals surface area contributed by atoms with Crippen LogP contribution in [0.15, 0.2) is 65.6 Å². The molecule has 6 heteroatoms. The average Bonchev–Trinajstić information content (AvgIpc) is 2.74. The molecule has 1 atom stereocenters. The molecule has 0 bridgehead atoms. The van der Waals surface area contributed by atoms with E-state index in [4.69, 9.17) is 4.74 Å². The van der Waals surface area contributed by atoms with Crippen LogP contribution in [0.3, 0.4) is 0 Å². The summed E-state index contributed by atoms with van der Waals surface area (Å²) in [6, 6.07) is 16.3. The highest BCUT2D eigenvalue weighted by atomic mass is 16.5. The van der Waals surface area contributed by atoms with Gasteiger partial charge in [0, 0.05) is 19.8 Å². The number of ether oxygens (including phenoxy) is 1. The van der Waals surface area contributed by atoms with Crippen molar-refractivity contribution in [1.82, 2.24) is 9.47 Å². The second-order valence-electron chi connectivity index (χ2n) is 7.34. The number of carbonyl (C=O) groups excluding carboxylic acids is 1. The minimum absolute atomic E-state index is 0.00535. The molecule has 0 aliphatic carbocycles. The summed E-state index contributed by atoms with van der Waals surface area (Å²) in [5.74, 6) is 0.0117. The number of benzene rings is 2. The smallest absolute Gasteiger partial charge is 0.264 e. The van der Waals surface area contributed by atoms with E-state index in [0.717, 1.165) is 11.1 Å². The van der Waals surface area contributed by atoms with E-state index in [0.29, 0.717) is 11.3 Å². The Hall–Kier alpha value is -3.54. The van der Waals surface area contributed by atoms with E-state index in [2.05, 4.69) is 0 Å². The second kappa shape index (κ2) is 8.86. The summed E-state index contributed by atoms with van der Waals surface area (Å²) in [7, 11) is 3.12. The highest BCUT2D eigenvalue weighted by molar-refractivity contribution is 5.95. The third-order valence-corrected chi connectivity index (χ3v) is 5.25. The number of carbonyl (C=O) groups is 1. The molecule has 0 saturated heterocycles. The van der Waals surface area contributed by atoms with Crippen LogP contribution < -0.4 is 10.3 Å². The topological polar surface area (TPSA) is 71.8 Å². The van der Waals surface area contributed by atoms with E-state index in [-0.39, 0.29) is 35.4 Å². The Kier molecular flexibility index (Phi) is 6.26. The van der Waals surface area contributed by atoms with E-state index >= 15 is 0 Å². The summed E-state index contributed by atoms with van der Waals surface area (Å²) >= 11 is 0. The Balaban J connectivity index is 1.90. The molecular formula is C24H26N2O4. The molecule has 0 saturated carbocycles. The summed E-state index contributed by atoms with van der Waals surface area (Å²) in [4.78, 5) is 27.8. The number of hydrogen-bond donors (Lipinski definition) is 1. The van der Waals surface area contributed by atoms with Crippen LogP contribution >= 0.6 is 0 Å². The molecule has 1 N–H and O–H groups in total. The van der Waals surface area contributed by atoms with Gasteiger partial charge in [0.05, 0.1) is 13.2 Å². The van der Waals surface area contributed by atoms with Crippen molar-refractivity contribution >= 4 is 5.91 Å². The summed E-state index contributed by atoms with van der Waals surface area (Å²) in [6.07, 6.45) is 1.73.